The maximum Gasteiger partial charge on any atom is 0.407 e. The van der Waals surface area contributed by atoms with Crippen LogP contribution in [0.2, 0.25) is 0 Å². The summed E-state index contributed by atoms with van der Waals surface area (Å²) in [5.74, 6) is 0. The molecule has 2 aromatic rings. The molecule has 2 heterocycles. The summed E-state index contributed by atoms with van der Waals surface area (Å²) >= 11 is 0. The predicted octanol–water partition coefficient (Wildman–Crippen LogP) is 2.97. The van der Waals surface area contributed by atoms with Gasteiger partial charge >= 0.3 is 6.09 Å². The van der Waals surface area contributed by atoms with Gasteiger partial charge in [-0.2, -0.15) is 0 Å². The Hall–Kier alpha value is -2.40. The maximum atomic E-state index is 11.0. The van der Waals surface area contributed by atoms with Crippen molar-refractivity contribution in [2.75, 3.05) is 20.2 Å². The van der Waals surface area contributed by atoms with E-state index in [1.54, 1.807) is 13.2 Å². The summed E-state index contributed by atoms with van der Waals surface area (Å²) < 4.78 is 5.80. The van der Waals surface area contributed by atoms with Gasteiger partial charge in [-0.15, -0.1) is 0 Å². The van der Waals surface area contributed by atoms with Gasteiger partial charge in [-0.1, -0.05) is 18.2 Å². The number of ether oxygens (including phenoxy) is 1. The van der Waals surface area contributed by atoms with Crippen LogP contribution in [0.1, 0.15) is 17.2 Å². The molecule has 5 nitrogen and oxygen atoms in total. The van der Waals surface area contributed by atoms with Gasteiger partial charge in [0.1, 0.15) is 6.10 Å². The Morgan fingerprint density at radius 1 is 1.41 bits per heavy atom. The van der Waals surface area contributed by atoms with Gasteiger partial charge in [0.15, 0.2) is 0 Å². The topological polar surface area (TPSA) is 62.7 Å². The molecule has 1 aliphatic heterocycles. The number of benzene rings is 1. The van der Waals surface area contributed by atoms with Gasteiger partial charge in [0.25, 0.3) is 0 Å². The number of carbonyl (C=O) groups is 1. The Kier molecular flexibility index (Phi) is 4.06. The molecule has 114 valence electrons. The summed E-state index contributed by atoms with van der Waals surface area (Å²) in [6.45, 7) is 0.955. The number of nitrogens with zero attached hydrogens (tertiary/aromatic N) is 2. The minimum absolute atomic E-state index is 0.221. The van der Waals surface area contributed by atoms with E-state index >= 15 is 0 Å². The van der Waals surface area contributed by atoms with Crippen LogP contribution in [0.5, 0.6) is 0 Å². The van der Waals surface area contributed by atoms with Crippen molar-refractivity contribution in [3.63, 3.8) is 0 Å². The SMILES string of the molecule is CN(CC1OCCc2ccc(-c3cccnc3)cc21)C(=O)O. The highest BCUT2D eigenvalue weighted by Gasteiger charge is 2.24. The third kappa shape index (κ3) is 2.94. The molecule has 0 radical (unpaired) electrons. The zero-order chi connectivity index (χ0) is 15.5. The molecule has 1 unspecified atom stereocenters. The standard InChI is InChI=1S/C17H18N2O3/c1-19(17(20)21)11-16-15-9-13(14-3-2-7-18-10-14)5-4-12(15)6-8-22-16/h2-5,7,9-10,16H,6,8,11H2,1H3,(H,20,21). The van der Waals surface area contributed by atoms with Crippen LogP contribution in [0.15, 0.2) is 42.7 Å². The van der Waals surface area contributed by atoms with Gasteiger partial charge in [-0.3, -0.25) is 4.98 Å². The van der Waals surface area contributed by atoms with Gasteiger partial charge in [-0.25, -0.2) is 4.79 Å². The molecule has 0 saturated carbocycles. The van der Waals surface area contributed by atoms with Crippen LogP contribution < -0.4 is 0 Å². The number of amides is 1. The van der Waals surface area contributed by atoms with Crippen molar-refractivity contribution in [2.45, 2.75) is 12.5 Å². The normalized spacial score (nSPS) is 16.9. The van der Waals surface area contributed by atoms with Gasteiger partial charge in [0.05, 0.1) is 13.2 Å². The Morgan fingerprint density at radius 2 is 2.27 bits per heavy atom. The molecule has 0 saturated heterocycles. The average molecular weight is 298 g/mol. The monoisotopic (exact) mass is 298 g/mol. The van der Waals surface area contributed by atoms with E-state index < -0.39 is 6.09 Å². The van der Waals surface area contributed by atoms with E-state index in [0.29, 0.717) is 13.2 Å². The van der Waals surface area contributed by atoms with Gasteiger partial charge in [0.2, 0.25) is 0 Å². The largest absolute Gasteiger partial charge is 0.465 e. The van der Waals surface area contributed by atoms with E-state index in [1.165, 1.54) is 10.5 Å². The van der Waals surface area contributed by atoms with Crippen molar-refractivity contribution in [1.82, 2.24) is 9.88 Å². The highest BCUT2D eigenvalue weighted by molar-refractivity contribution is 5.65. The first kappa shape index (κ1) is 14.5. The second-order valence-electron chi connectivity index (χ2n) is 5.43. The van der Waals surface area contributed by atoms with E-state index in [1.807, 2.05) is 18.3 Å². The number of fused-ring (bicyclic) bond motifs is 1. The Balaban J connectivity index is 1.93. The lowest BCUT2D eigenvalue weighted by atomic mass is 9.93. The summed E-state index contributed by atoms with van der Waals surface area (Å²) in [4.78, 5) is 16.4. The zero-order valence-corrected chi connectivity index (χ0v) is 12.4. The first-order valence-corrected chi connectivity index (χ1v) is 7.24. The van der Waals surface area contributed by atoms with Gasteiger partial charge in [0, 0.05) is 19.4 Å². The van der Waals surface area contributed by atoms with E-state index in [9.17, 15) is 4.79 Å². The Bertz CT molecular complexity index is 673. The van der Waals surface area contributed by atoms with Crippen LogP contribution in [0, 0.1) is 0 Å². The Morgan fingerprint density at radius 3 is 3.00 bits per heavy atom. The van der Waals surface area contributed by atoms with E-state index in [0.717, 1.165) is 23.1 Å². The summed E-state index contributed by atoms with van der Waals surface area (Å²) in [7, 11) is 1.56. The summed E-state index contributed by atoms with van der Waals surface area (Å²) in [6.07, 6.45) is 3.26. The van der Waals surface area contributed by atoms with E-state index in [2.05, 4.69) is 23.2 Å². The molecule has 1 aromatic carbocycles. The number of carboxylic acid groups (broad SMARTS) is 1. The molecule has 3 rings (SSSR count). The summed E-state index contributed by atoms with van der Waals surface area (Å²) in [5, 5.41) is 9.06. The molecular weight excluding hydrogens is 280 g/mol. The highest BCUT2D eigenvalue weighted by Crippen LogP contribution is 2.31. The molecule has 0 aliphatic carbocycles. The molecule has 1 N–H and O–H groups in total. The third-order valence-corrected chi connectivity index (χ3v) is 3.94. The molecule has 1 atom stereocenters. The third-order valence-electron chi connectivity index (χ3n) is 3.94. The fourth-order valence-corrected chi connectivity index (χ4v) is 2.71. The number of hydrogen-bond acceptors (Lipinski definition) is 3. The van der Waals surface area contributed by atoms with Crippen molar-refractivity contribution >= 4 is 6.09 Å². The van der Waals surface area contributed by atoms with E-state index in [-0.39, 0.29) is 6.10 Å². The number of likely N-dealkylation sites (N-methyl/N-ethyl adjacent to an activating group) is 1. The van der Waals surface area contributed by atoms with Crippen molar-refractivity contribution in [2.24, 2.45) is 0 Å². The van der Waals surface area contributed by atoms with E-state index in [4.69, 9.17) is 9.84 Å². The Labute approximate surface area is 129 Å². The highest BCUT2D eigenvalue weighted by atomic mass is 16.5. The summed E-state index contributed by atoms with van der Waals surface area (Å²) in [5.41, 5.74) is 4.41. The van der Waals surface area contributed by atoms with Crippen LogP contribution in [-0.4, -0.2) is 41.3 Å². The molecule has 0 spiro atoms. The van der Waals surface area contributed by atoms with Gasteiger partial charge < -0.3 is 14.7 Å². The van der Waals surface area contributed by atoms with Crippen LogP contribution in [0.25, 0.3) is 11.1 Å². The van der Waals surface area contributed by atoms with Crippen LogP contribution in [-0.2, 0) is 11.2 Å². The smallest absolute Gasteiger partial charge is 0.407 e. The van der Waals surface area contributed by atoms with Crippen molar-refractivity contribution in [3.05, 3.63) is 53.9 Å². The van der Waals surface area contributed by atoms with Crippen LogP contribution in [0.4, 0.5) is 4.79 Å². The van der Waals surface area contributed by atoms with Crippen LogP contribution in [0.3, 0.4) is 0 Å². The second kappa shape index (κ2) is 6.15. The first-order valence-electron chi connectivity index (χ1n) is 7.24. The molecule has 5 heteroatoms. The minimum atomic E-state index is -0.945. The van der Waals surface area contributed by atoms with Crippen LogP contribution >= 0.6 is 0 Å². The molecular formula is C17H18N2O3. The second-order valence-corrected chi connectivity index (χ2v) is 5.43. The fourth-order valence-electron chi connectivity index (χ4n) is 2.71. The van der Waals surface area contributed by atoms with Crippen molar-refractivity contribution in [1.29, 1.82) is 0 Å². The predicted molar refractivity (Wildman–Crippen MR) is 82.7 cm³/mol. The lowest BCUT2D eigenvalue weighted by molar-refractivity contribution is 0.0224. The number of aromatic nitrogens is 1. The number of pyridine rings is 1. The molecule has 22 heavy (non-hydrogen) atoms. The molecule has 1 aliphatic rings. The fraction of sp³-hybridized carbons (Fsp3) is 0.294. The number of hydrogen-bond donors (Lipinski definition) is 1. The first-order chi connectivity index (χ1) is 10.6. The maximum absolute atomic E-state index is 11.0. The number of rotatable bonds is 3. The van der Waals surface area contributed by atoms with Gasteiger partial charge in [-0.05, 0) is 40.8 Å². The lowest BCUT2D eigenvalue weighted by Crippen LogP contribution is -2.32. The van der Waals surface area contributed by atoms with Crippen molar-refractivity contribution in [3.8, 4) is 11.1 Å². The molecule has 0 fully saturated rings. The quantitative estimate of drug-likeness (QED) is 0.946. The van der Waals surface area contributed by atoms with Crippen molar-refractivity contribution < 1.29 is 14.6 Å². The zero-order valence-electron chi connectivity index (χ0n) is 12.4. The summed E-state index contributed by atoms with van der Waals surface area (Å²) in [6, 6.07) is 10.2. The molecule has 1 aromatic heterocycles. The molecule has 0 bridgehead atoms. The molecule has 1 amide bonds. The lowest BCUT2D eigenvalue weighted by Gasteiger charge is -2.29. The minimum Gasteiger partial charge on any atom is -0.465 e. The average Bonchev–Trinajstić information content (AvgIpc) is 2.55.